The van der Waals surface area contributed by atoms with Gasteiger partial charge in [0.15, 0.2) is 17.7 Å². The summed E-state index contributed by atoms with van der Waals surface area (Å²) in [4.78, 5) is 0. The van der Waals surface area contributed by atoms with Crippen LogP contribution in [0.5, 0.6) is 0 Å². The summed E-state index contributed by atoms with van der Waals surface area (Å²) in [5.41, 5.74) is -0.0338. The first-order valence-corrected chi connectivity index (χ1v) is 9.29. The van der Waals surface area contributed by atoms with E-state index in [2.05, 4.69) is 6.92 Å². The van der Waals surface area contributed by atoms with Gasteiger partial charge in [-0.15, -0.1) is 4.52 Å². The van der Waals surface area contributed by atoms with Gasteiger partial charge in [0.05, 0.1) is 12.7 Å². The van der Waals surface area contributed by atoms with Crippen molar-refractivity contribution in [3.8, 4) is 0 Å². The highest BCUT2D eigenvalue weighted by Gasteiger charge is 2.56. The van der Waals surface area contributed by atoms with E-state index in [1.807, 2.05) is 20.8 Å². The Bertz CT molecular complexity index is 388. The molecule has 0 radical (unpaired) electrons. The highest BCUT2D eigenvalue weighted by atomic mass is 31.1. The van der Waals surface area contributed by atoms with Crippen LogP contribution >= 0.6 is 8.03 Å². The maximum atomic E-state index is 12.3. The lowest BCUT2D eigenvalue weighted by molar-refractivity contribution is -0.227. The zero-order valence-corrected chi connectivity index (χ0v) is 15.0. The maximum Gasteiger partial charge on any atom is 0.511 e. The molecule has 6 nitrogen and oxygen atoms in total. The molecule has 2 rings (SSSR count). The highest BCUT2D eigenvalue weighted by Crippen LogP contribution is 2.43. The molecule has 2 heterocycles. The molecule has 0 amide bonds. The van der Waals surface area contributed by atoms with Crippen LogP contribution in [0.3, 0.4) is 0 Å². The van der Waals surface area contributed by atoms with Gasteiger partial charge >= 0.3 is 8.03 Å². The molecular formula is C15H28O6P+. The average molecular weight is 335 g/mol. The second-order valence-electron chi connectivity index (χ2n) is 6.22. The lowest BCUT2D eigenvalue weighted by Gasteiger charge is -2.23. The van der Waals surface area contributed by atoms with Crippen LogP contribution in [0, 0.1) is 0 Å². The third-order valence-corrected chi connectivity index (χ3v) is 5.60. The van der Waals surface area contributed by atoms with Crippen molar-refractivity contribution in [1.82, 2.24) is 0 Å². The molecule has 6 unspecified atom stereocenters. The molecule has 22 heavy (non-hydrogen) atoms. The standard InChI is InChI=1S/C15H28O6P/c1-6-8-10(22(16)18-7-2)9-11-12-13(14(17-5)19-11)21-15(3,4)20-12/h10-14H,6-9H2,1-5H3/q+1. The van der Waals surface area contributed by atoms with Crippen molar-refractivity contribution in [3.63, 3.8) is 0 Å². The van der Waals surface area contributed by atoms with E-state index in [4.69, 9.17) is 23.5 Å². The van der Waals surface area contributed by atoms with Crippen LogP contribution in [0.15, 0.2) is 0 Å². The maximum absolute atomic E-state index is 12.3. The van der Waals surface area contributed by atoms with Crippen molar-refractivity contribution in [2.24, 2.45) is 0 Å². The summed E-state index contributed by atoms with van der Waals surface area (Å²) in [6.07, 6.45) is 1.37. The van der Waals surface area contributed by atoms with Crippen LogP contribution in [0.25, 0.3) is 0 Å². The summed E-state index contributed by atoms with van der Waals surface area (Å²) in [6.45, 7) is 8.17. The zero-order chi connectivity index (χ0) is 16.3. The van der Waals surface area contributed by atoms with Gasteiger partial charge in [-0.25, -0.2) is 0 Å². The fourth-order valence-corrected chi connectivity index (χ4v) is 4.48. The first-order valence-electron chi connectivity index (χ1n) is 8.05. The molecule has 0 N–H and O–H groups in total. The van der Waals surface area contributed by atoms with Crippen molar-refractivity contribution in [2.75, 3.05) is 13.7 Å². The van der Waals surface area contributed by atoms with Crippen LogP contribution in [0.2, 0.25) is 0 Å². The van der Waals surface area contributed by atoms with Gasteiger partial charge in [0.2, 0.25) is 0 Å². The van der Waals surface area contributed by atoms with E-state index < -0.39 is 20.1 Å². The number of hydrogen-bond donors (Lipinski definition) is 0. The van der Waals surface area contributed by atoms with E-state index in [9.17, 15) is 4.57 Å². The second kappa shape index (κ2) is 7.65. The molecule has 0 aliphatic carbocycles. The van der Waals surface area contributed by atoms with Crippen molar-refractivity contribution >= 4 is 8.03 Å². The van der Waals surface area contributed by atoms with Crippen molar-refractivity contribution in [3.05, 3.63) is 0 Å². The molecule has 0 aromatic heterocycles. The number of hydrogen-bond acceptors (Lipinski definition) is 6. The summed E-state index contributed by atoms with van der Waals surface area (Å²) < 4.78 is 40.7. The van der Waals surface area contributed by atoms with E-state index in [0.29, 0.717) is 13.0 Å². The predicted octanol–water partition coefficient (Wildman–Crippen LogP) is 3.22. The summed E-state index contributed by atoms with van der Waals surface area (Å²) >= 11 is 0. The van der Waals surface area contributed by atoms with Gasteiger partial charge < -0.3 is 18.9 Å². The first-order chi connectivity index (χ1) is 10.4. The van der Waals surface area contributed by atoms with Gasteiger partial charge in [-0.1, -0.05) is 13.3 Å². The van der Waals surface area contributed by atoms with Crippen LogP contribution in [-0.4, -0.2) is 49.8 Å². The number of ether oxygens (including phenoxy) is 4. The summed E-state index contributed by atoms with van der Waals surface area (Å²) in [6, 6.07) is 0. The quantitative estimate of drug-likeness (QED) is 0.635. The van der Waals surface area contributed by atoms with Gasteiger partial charge in [0, 0.05) is 13.5 Å². The Kier molecular flexibility index (Phi) is 6.34. The molecule has 2 saturated heterocycles. The Balaban J connectivity index is 2.05. The SMILES string of the molecule is CCCC(CC1OC(OC)C2OC(C)(C)OC12)[P+](=O)OCC. The van der Waals surface area contributed by atoms with E-state index >= 15 is 0 Å². The van der Waals surface area contributed by atoms with Gasteiger partial charge in [0.25, 0.3) is 0 Å². The van der Waals surface area contributed by atoms with Crippen molar-refractivity contribution in [1.29, 1.82) is 0 Å². The summed E-state index contributed by atoms with van der Waals surface area (Å²) in [5.74, 6) is -0.642. The molecule has 0 aromatic carbocycles. The molecule has 0 saturated carbocycles. The van der Waals surface area contributed by atoms with Crippen LogP contribution < -0.4 is 0 Å². The molecule has 128 valence electrons. The Hall–Kier alpha value is -0.100. The van der Waals surface area contributed by atoms with Crippen LogP contribution in [0.1, 0.15) is 47.0 Å². The second-order valence-corrected chi connectivity index (χ2v) is 7.78. The van der Waals surface area contributed by atoms with Gasteiger partial charge in [-0.3, -0.25) is 0 Å². The molecule has 0 aromatic rings. The topological polar surface area (TPSA) is 63.2 Å². The third-order valence-electron chi connectivity index (χ3n) is 4.02. The molecular weight excluding hydrogens is 307 g/mol. The highest BCUT2D eigenvalue weighted by molar-refractivity contribution is 7.40. The van der Waals surface area contributed by atoms with Crippen molar-refractivity contribution in [2.45, 2.75) is 83.0 Å². The van der Waals surface area contributed by atoms with E-state index in [-0.39, 0.29) is 24.0 Å². The average Bonchev–Trinajstić information content (AvgIpc) is 2.92. The van der Waals surface area contributed by atoms with Crippen LogP contribution in [0.4, 0.5) is 0 Å². The molecule has 0 bridgehead atoms. The van der Waals surface area contributed by atoms with Crippen molar-refractivity contribution < 1.29 is 28.0 Å². The Morgan fingerprint density at radius 3 is 2.50 bits per heavy atom. The minimum atomic E-state index is -1.69. The predicted molar refractivity (Wildman–Crippen MR) is 82.0 cm³/mol. The zero-order valence-electron chi connectivity index (χ0n) is 14.1. The fraction of sp³-hybridized carbons (Fsp3) is 1.00. The molecule has 0 spiro atoms. The van der Waals surface area contributed by atoms with E-state index in [1.54, 1.807) is 7.11 Å². The Labute approximate surface area is 133 Å². The van der Waals surface area contributed by atoms with Gasteiger partial charge in [-0.2, -0.15) is 0 Å². The molecule has 7 heteroatoms. The monoisotopic (exact) mass is 335 g/mol. The molecule has 2 fully saturated rings. The largest absolute Gasteiger partial charge is 0.511 e. The molecule has 2 aliphatic rings. The number of fused-ring (bicyclic) bond motifs is 1. The van der Waals surface area contributed by atoms with Gasteiger partial charge in [-0.05, 0) is 31.8 Å². The summed E-state index contributed by atoms with van der Waals surface area (Å²) in [7, 11) is -0.0934. The number of methoxy groups -OCH3 is 1. The first kappa shape index (κ1) is 18.2. The van der Waals surface area contributed by atoms with Crippen LogP contribution in [-0.2, 0) is 28.0 Å². The van der Waals surface area contributed by atoms with E-state index in [1.165, 1.54) is 0 Å². The molecule has 6 atom stereocenters. The normalized spacial score (nSPS) is 35.4. The minimum Gasteiger partial charge on any atom is -0.353 e. The summed E-state index contributed by atoms with van der Waals surface area (Å²) in [5, 5.41) is 0. The fourth-order valence-electron chi connectivity index (χ4n) is 3.17. The Morgan fingerprint density at radius 1 is 1.23 bits per heavy atom. The minimum absolute atomic E-state index is 0.0338. The van der Waals surface area contributed by atoms with E-state index in [0.717, 1.165) is 12.8 Å². The third kappa shape index (κ3) is 4.05. The lowest BCUT2D eigenvalue weighted by Crippen LogP contribution is -2.32. The molecule has 2 aliphatic heterocycles. The number of rotatable bonds is 8. The Morgan fingerprint density at radius 2 is 1.91 bits per heavy atom. The van der Waals surface area contributed by atoms with Gasteiger partial charge in [0.1, 0.15) is 12.2 Å². The smallest absolute Gasteiger partial charge is 0.353 e. The lowest BCUT2D eigenvalue weighted by atomic mass is 10.0.